The Labute approximate surface area is 328 Å². The van der Waals surface area contributed by atoms with E-state index in [-0.39, 0.29) is 24.7 Å². The van der Waals surface area contributed by atoms with Crippen LogP contribution in [0.4, 0.5) is 21.6 Å². The van der Waals surface area contributed by atoms with Crippen LogP contribution in [0.1, 0.15) is 58.0 Å². The molecule has 4 fully saturated rings. The van der Waals surface area contributed by atoms with E-state index in [2.05, 4.69) is 53.7 Å². The third-order valence-corrected chi connectivity index (χ3v) is 12.3. The fourth-order valence-electron chi connectivity index (χ4n) is 9.28. The summed E-state index contributed by atoms with van der Waals surface area (Å²) < 4.78 is 16.2. The highest BCUT2D eigenvalue weighted by Crippen LogP contribution is 2.37. The molecule has 1 N–H and O–H groups in total. The molecule has 3 aromatic heterocycles. The molecule has 8 heterocycles. The van der Waals surface area contributed by atoms with E-state index in [0.717, 1.165) is 110 Å². The molecule has 0 spiro atoms. The van der Waals surface area contributed by atoms with Crippen molar-refractivity contribution >= 4 is 46.5 Å². The van der Waals surface area contributed by atoms with E-state index in [1.54, 1.807) is 24.3 Å². The molecule has 2 unspecified atom stereocenters. The van der Waals surface area contributed by atoms with Crippen molar-refractivity contribution in [3.8, 4) is 11.4 Å². The van der Waals surface area contributed by atoms with Gasteiger partial charge in [-0.3, -0.25) is 38.7 Å². The Kier molecular flexibility index (Phi) is 8.73. The second-order valence-electron chi connectivity index (χ2n) is 15.8. The molecule has 0 saturated carbocycles. The summed E-state index contributed by atoms with van der Waals surface area (Å²) in [7, 11) is 0. The SMILES string of the molecule is O=C1CCC(N2C(=O)c3ccc(N4CC(CN5CCN(c6cccc(-c7cnc8ccc(N9CCCC9c9cccc(F)c9)cn78)n6)CC5)C4)cc3C2=O)C(=O)N1. The molecule has 0 aliphatic carbocycles. The second-order valence-corrected chi connectivity index (χ2v) is 15.8. The molecule has 14 heteroatoms. The molecule has 13 nitrogen and oxygen atoms in total. The van der Waals surface area contributed by atoms with Gasteiger partial charge in [0.05, 0.1) is 40.4 Å². The molecule has 0 radical (unpaired) electrons. The number of nitrogens with zero attached hydrogens (tertiary/aromatic N) is 8. The first-order valence-corrected chi connectivity index (χ1v) is 19.8. The molecule has 2 atom stereocenters. The Hall–Kier alpha value is -6.15. The zero-order chi connectivity index (χ0) is 38.8. The molecule has 290 valence electrons. The highest BCUT2D eigenvalue weighted by Gasteiger charge is 2.45. The number of benzene rings is 2. The van der Waals surface area contributed by atoms with E-state index in [1.165, 1.54) is 6.07 Å². The summed E-state index contributed by atoms with van der Waals surface area (Å²) in [6, 6.07) is 21.7. The number of imide groups is 2. The van der Waals surface area contributed by atoms with Gasteiger partial charge in [0, 0.05) is 76.6 Å². The van der Waals surface area contributed by atoms with Crippen LogP contribution in [0.2, 0.25) is 0 Å². The Morgan fingerprint density at radius 3 is 2.40 bits per heavy atom. The Morgan fingerprint density at radius 2 is 1.58 bits per heavy atom. The molecule has 5 aromatic rings. The van der Waals surface area contributed by atoms with Crippen LogP contribution in [-0.4, -0.2) is 106 Å². The van der Waals surface area contributed by atoms with Gasteiger partial charge in [0.1, 0.15) is 23.3 Å². The molecular weight excluding hydrogens is 726 g/mol. The minimum atomic E-state index is -0.970. The maximum atomic E-state index is 14.1. The van der Waals surface area contributed by atoms with Crippen molar-refractivity contribution in [1.29, 1.82) is 0 Å². The number of halogens is 1. The van der Waals surface area contributed by atoms with E-state index in [1.807, 2.05) is 30.5 Å². The van der Waals surface area contributed by atoms with E-state index in [9.17, 15) is 23.6 Å². The van der Waals surface area contributed by atoms with Gasteiger partial charge < -0.3 is 14.7 Å². The number of rotatable bonds is 8. The van der Waals surface area contributed by atoms with Crippen LogP contribution in [0.15, 0.2) is 85.2 Å². The van der Waals surface area contributed by atoms with Crippen molar-refractivity contribution in [2.24, 2.45) is 5.92 Å². The maximum Gasteiger partial charge on any atom is 0.262 e. The van der Waals surface area contributed by atoms with Crippen LogP contribution in [0.25, 0.3) is 17.0 Å². The standard InChI is InChI=1S/C43H42FN9O4/c44-29-5-1-4-28(20-29)35-7-3-15-51(35)31-10-13-38-45-22-37(52(38)26-31)34-6-2-8-39(46-34)49-18-16-48(17-19-49)23-27-24-50(25-27)30-9-11-32-33(21-30)43(57)53(42(32)56)36-12-14-40(54)47-41(36)55/h1-2,4-6,8-11,13,20-22,26-27,35-36H,3,7,12,14-19,23-25H2,(H,47,54,55). The monoisotopic (exact) mass is 767 g/mol. The zero-order valence-corrected chi connectivity index (χ0v) is 31.4. The van der Waals surface area contributed by atoms with E-state index >= 15 is 0 Å². The van der Waals surface area contributed by atoms with Crippen molar-refractivity contribution in [3.05, 3.63) is 108 Å². The number of pyridine rings is 2. The number of fused-ring (bicyclic) bond motifs is 2. The molecule has 5 aliphatic rings. The van der Waals surface area contributed by atoms with Gasteiger partial charge >= 0.3 is 0 Å². The molecule has 5 aliphatic heterocycles. The number of piperidine rings is 1. The summed E-state index contributed by atoms with van der Waals surface area (Å²) in [6.07, 6.45) is 6.27. The summed E-state index contributed by atoms with van der Waals surface area (Å²) in [5.41, 5.74) is 6.20. The average Bonchev–Trinajstić information content (AvgIpc) is 3.93. The largest absolute Gasteiger partial charge is 0.371 e. The fraction of sp³-hybridized carbons (Fsp3) is 0.349. The van der Waals surface area contributed by atoms with Crippen LogP contribution in [0.5, 0.6) is 0 Å². The maximum absolute atomic E-state index is 14.1. The predicted molar refractivity (Wildman–Crippen MR) is 212 cm³/mol. The number of anilines is 3. The summed E-state index contributed by atoms with van der Waals surface area (Å²) >= 11 is 0. The van der Waals surface area contributed by atoms with Gasteiger partial charge in [0.25, 0.3) is 11.8 Å². The number of nitrogens with one attached hydrogen (secondary N) is 1. The third kappa shape index (κ3) is 6.37. The van der Waals surface area contributed by atoms with Crippen molar-refractivity contribution in [3.63, 3.8) is 0 Å². The first-order chi connectivity index (χ1) is 27.8. The van der Waals surface area contributed by atoms with E-state index < -0.39 is 29.7 Å². The van der Waals surface area contributed by atoms with Gasteiger partial charge in [0.15, 0.2) is 0 Å². The van der Waals surface area contributed by atoms with Gasteiger partial charge in [-0.15, -0.1) is 0 Å². The molecular formula is C43H42FN9O4. The lowest BCUT2D eigenvalue weighted by Crippen LogP contribution is -2.55. The molecule has 4 amide bonds. The van der Waals surface area contributed by atoms with Crippen LogP contribution in [0.3, 0.4) is 0 Å². The number of amides is 4. The number of carbonyl (C=O) groups excluding carboxylic acids is 4. The molecule has 4 saturated heterocycles. The average molecular weight is 768 g/mol. The number of hydrogen-bond acceptors (Lipinski definition) is 10. The summed E-state index contributed by atoms with van der Waals surface area (Å²) in [4.78, 5) is 70.7. The predicted octanol–water partition coefficient (Wildman–Crippen LogP) is 4.54. The van der Waals surface area contributed by atoms with Gasteiger partial charge in [-0.1, -0.05) is 18.2 Å². The number of carbonyl (C=O) groups is 4. The number of piperazine rings is 1. The lowest BCUT2D eigenvalue weighted by atomic mass is 9.97. The zero-order valence-electron chi connectivity index (χ0n) is 31.4. The topological polar surface area (TPSA) is 127 Å². The van der Waals surface area contributed by atoms with Crippen LogP contribution in [-0.2, 0) is 9.59 Å². The highest BCUT2D eigenvalue weighted by molar-refractivity contribution is 6.23. The van der Waals surface area contributed by atoms with Gasteiger partial charge in [-0.25, -0.2) is 14.4 Å². The third-order valence-electron chi connectivity index (χ3n) is 12.3. The Balaban J connectivity index is 0.755. The smallest absolute Gasteiger partial charge is 0.262 e. The fourth-order valence-corrected chi connectivity index (χ4v) is 9.28. The number of hydrogen-bond donors (Lipinski definition) is 1. The quantitative estimate of drug-likeness (QED) is 0.225. The van der Waals surface area contributed by atoms with Crippen molar-refractivity contribution < 1.29 is 23.6 Å². The second kappa shape index (κ2) is 14.1. The van der Waals surface area contributed by atoms with Crippen molar-refractivity contribution in [1.82, 2.24) is 29.5 Å². The molecule has 57 heavy (non-hydrogen) atoms. The highest BCUT2D eigenvalue weighted by atomic mass is 19.1. The minimum Gasteiger partial charge on any atom is -0.371 e. The van der Waals surface area contributed by atoms with E-state index in [4.69, 9.17) is 9.97 Å². The lowest BCUT2D eigenvalue weighted by molar-refractivity contribution is -0.136. The molecule has 0 bridgehead atoms. The number of imidazole rings is 1. The first kappa shape index (κ1) is 35.3. The van der Waals surface area contributed by atoms with Gasteiger partial charge in [0.2, 0.25) is 11.8 Å². The Morgan fingerprint density at radius 1 is 0.772 bits per heavy atom. The molecule has 2 aromatic carbocycles. The summed E-state index contributed by atoms with van der Waals surface area (Å²) in [5, 5.41) is 2.25. The van der Waals surface area contributed by atoms with Crippen molar-refractivity contribution in [2.45, 2.75) is 37.8 Å². The number of aromatic nitrogens is 3. The van der Waals surface area contributed by atoms with Crippen molar-refractivity contribution in [2.75, 3.05) is 67.1 Å². The van der Waals surface area contributed by atoms with Crippen LogP contribution in [0, 0.1) is 11.7 Å². The van der Waals surface area contributed by atoms with Gasteiger partial charge in [-0.05, 0) is 79.4 Å². The van der Waals surface area contributed by atoms with Crippen LogP contribution >= 0.6 is 0 Å². The van der Waals surface area contributed by atoms with Crippen LogP contribution < -0.4 is 20.0 Å². The Bertz CT molecular complexity index is 2440. The lowest BCUT2D eigenvalue weighted by Gasteiger charge is -2.45. The first-order valence-electron chi connectivity index (χ1n) is 19.8. The van der Waals surface area contributed by atoms with Gasteiger partial charge in [-0.2, -0.15) is 0 Å². The van der Waals surface area contributed by atoms with E-state index in [0.29, 0.717) is 17.0 Å². The minimum absolute atomic E-state index is 0.0938. The normalized spacial score (nSPS) is 21.8. The summed E-state index contributed by atoms with van der Waals surface area (Å²) in [5.74, 6) is -0.749. The summed E-state index contributed by atoms with van der Waals surface area (Å²) in [6.45, 7) is 7.17. The molecule has 10 rings (SSSR count).